The predicted octanol–water partition coefficient (Wildman–Crippen LogP) is -0.459. The second kappa shape index (κ2) is 3.34. The molecule has 1 fully saturated rings. The molecule has 0 unspecified atom stereocenters. The van der Waals surface area contributed by atoms with Gasteiger partial charge in [-0.25, -0.2) is 0 Å². The van der Waals surface area contributed by atoms with Crippen molar-refractivity contribution >= 4 is 5.91 Å². The first-order chi connectivity index (χ1) is 6.76. The summed E-state index contributed by atoms with van der Waals surface area (Å²) in [5.74, 6) is -0.379. The molecular formula is C9H12N4O. The molecule has 0 aromatic carbocycles. The molecule has 0 bridgehead atoms. The number of rotatable bonds is 2. The Morgan fingerprint density at radius 1 is 1.57 bits per heavy atom. The predicted molar refractivity (Wildman–Crippen MR) is 50.1 cm³/mol. The number of hydrogen-bond donors (Lipinski definition) is 2. The van der Waals surface area contributed by atoms with Gasteiger partial charge in [-0.05, 0) is 19.4 Å². The van der Waals surface area contributed by atoms with Crippen molar-refractivity contribution in [2.45, 2.75) is 18.4 Å². The van der Waals surface area contributed by atoms with E-state index in [2.05, 4.69) is 15.3 Å². The monoisotopic (exact) mass is 192 g/mol. The lowest BCUT2D eigenvalue weighted by Crippen LogP contribution is -2.49. The van der Waals surface area contributed by atoms with E-state index in [1.807, 2.05) is 0 Å². The van der Waals surface area contributed by atoms with Crippen LogP contribution in [0.1, 0.15) is 18.5 Å². The highest BCUT2D eigenvalue weighted by molar-refractivity contribution is 5.85. The number of primary amides is 1. The lowest BCUT2D eigenvalue weighted by Gasteiger charge is -2.24. The molecule has 0 saturated carbocycles. The van der Waals surface area contributed by atoms with E-state index in [9.17, 15) is 4.79 Å². The standard InChI is InChI=1S/C9H12N4O/c10-8(14)9(2-1-3-13-9)7-6-11-4-5-12-7/h4-6,13H,1-3H2,(H2,10,14)/t9-/m1/s1. The number of amides is 1. The fourth-order valence-corrected chi connectivity index (χ4v) is 1.82. The number of aromatic nitrogens is 2. The van der Waals surface area contributed by atoms with E-state index in [0.29, 0.717) is 12.1 Å². The van der Waals surface area contributed by atoms with Crippen LogP contribution in [-0.4, -0.2) is 22.4 Å². The molecule has 3 N–H and O–H groups in total. The van der Waals surface area contributed by atoms with Crippen LogP contribution in [0.2, 0.25) is 0 Å². The summed E-state index contributed by atoms with van der Waals surface area (Å²) in [7, 11) is 0. The van der Waals surface area contributed by atoms with Crippen LogP contribution < -0.4 is 11.1 Å². The third-order valence-corrected chi connectivity index (χ3v) is 2.58. The molecule has 1 aromatic rings. The maximum Gasteiger partial charge on any atom is 0.244 e. The summed E-state index contributed by atoms with van der Waals surface area (Å²) < 4.78 is 0. The third kappa shape index (κ3) is 1.26. The lowest BCUT2D eigenvalue weighted by atomic mass is 9.93. The van der Waals surface area contributed by atoms with Gasteiger partial charge in [-0.3, -0.25) is 20.1 Å². The van der Waals surface area contributed by atoms with E-state index >= 15 is 0 Å². The molecule has 0 radical (unpaired) electrons. The van der Waals surface area contributed by atoms with Crippen molar-refractivity contribution in [3.05, 3.63) is 24.3 Å². The summed E-state index contributed by atoms with van der Waals surface area (Å²) in [6, 6.07) is 0. The van der Waals surface area contributed by atoms with Gasteiger partial charge in [0, 0.05) is 12.4 Å². The maximum atomic E-state index is 11.4. The number of nitrogens with zero attached hydrogens (tertiary/aromatic N) is 2. The first-order valence-electron chi connectivity index (χ1n) is 4.57. The van der Waals surface area contributed by atoms with Crippen molar-refractivity contribution in [3.8, 4) is 0 Å². The molecule has 14 heavy (non-hydrogen) atoms. The van der Waals surface area contributed by atoms with Crippen LogP contribution in [0.5, 0.6) is 0 Å². The van der Waals surface area contributed by atoms with Gasteiger partial charge in [0.2, 0.25) is 5.91 Å². The minimum absolute atomic E-state index is 0.379. The lowest BCUT2D eigenvalue weighted by molar-refractivity contribution is -0.124. The second-order valence-corrected chi connectivity index (χ2v) is 3.39. The smallest absolute Gasteiger partial charge is 0.244 e. The van der Waals surface area contributed by atoms with Crippen molar-refractivity contribution in [2.75, 3.05) is 6.54 Å². The second-order valence-electron chi connectivity index (χ2n) is 3.39. The number of nitrogens with one attached hydrogen (secondary N) is 1. The Hall–Kier alpha value is -1.49. The van der Waals surface area contributed by atoms with E-state index in [4.69, 9.17) is 5.73 Å². The van der Waals surface area contributed by atoms with Crippen LogP contribution in [0.25, 0.3) is 0 Å². The number of nitrogens with two attached hydrogens (primary N) is 1. The molecule has 0 spiro atoms. The zero-order chi connectivity index (χ0) is 10.0. The Labute approximate surface area is 81.7 Å². The maximum absolute atomic E-state index is 11.4. The first-order valence-corrected chi connectivity index (χ1v) is 4.57. The molecule has 74 valence electrons. The Balaban J connectivity index is 2.42. The van der Waals surface area contributed by atoms with Crippen LogP contribution >= 0.6 is 0 Å². The third-order valence-electron chi connectivity index (χ3n) is 2.58. The molecule has 1 aliphatic rings. The molecule has 1 atom stereocenters. The molecule has 5 heteroatoms. The quantitative estimate of drug-likeness (QED) is 0.664. The van der Waals surface area contributed by atoms with Gasteiger partial charge in [-0.2, -0.15) is 0 Å². The zero-order valence-electron chi connectivity index (χ0n) is 7.73. The molecule has 1 saturated heterocycles. The fourth-order valence-electron chi connectivity index (χ4n) is 1.82. The normalized spacial score (nSPS) is 26.3. The molecule has 1 aliphatic heterocycles. The van der Waals surface area contributed by atoms with Crippen molar-refractivity contribution in [3.63, 3.8) is 0 Å². The fraction of sp³-hybridized carbons (Fsp3) is 0.444. The highest BCUT2D eigenvalue weighted by atomic mass is 16.1. The molecular weight excluding hydrogens is 180 g/mol. The van der Waals surface area contributed by atoms with Crippen LogP contribution in [0, 0.1) is 0 Å². The van der Waals surface area contributed by atoms with Crippen LogP contribution in [0.3, 0.4) is 0 Å². The molecule has 2 rings (SSSR count). The minimum Gasteiger partial charge on any atom is -0.368 e. The highest BCUT2D eigenvalue weighted by Crippen LogP contribution is 2.28. The van der Waals surface area contributed by atoms with E-state index < -0.39 is 5.54 Å². The Bertz CT molecular complexity index is 332. The number of carbonyl (C=O) groups excluding carboxylic acids is 1. The van der Waals surface area contributed by atoms with Gasteiger partial charge in [0.05, 0.1) is 11.9 Å². The molecule has 1 aromatic heterocycles. The average molecular weight is 192 g/mol. The van der Waals surface area contributed by atoms with Crippen LogP contribution in [-0.2, 0) is 10.3 Å². The van der Waals surface area contributed by atoms with Crippen LogP contribution in [0.15, 0.2) is 18.6 Å². The zero-order valence-corrected chi connectivity index (χ0v) is 7.73. The summed E-state index contributed by atoms with van der Waals surface area (Å²) in [5.41, 5.74) is 5.21. The first kappa shape index (κ1) is 9.08. The highest BCUT2D eigenvalue weighted by Gasteiger charge is 2.42. The minimum atomic E-state index is -0.797. The van der Waals surface area contributed by atoms with Gasteiger partial charge in [0.1, 0.15) is 5.54 Å². The molecule has 2 heterocycles. The van der Waals surface area contributed by atoms with Crippen LogP contribution in [0.4, 0.5) is 0 Å². The van der Waals surface area contributed by atoms with Gasteiger partial charge in [0.25, 0.3) is 0 Å². The molecule has 1 amide bonds. The van der Waals surface area contributed by atoms with E-state index in [-0.39, 0.29) is 5.91 Å². The molecule has 5 nitrogen and oxygen atoms in total. The van der Waals surface area contributed by atoms with E-state index in [1.54, 1.807) is 18.6 Å². The van der Waals surface area contributed by atoms with Gasteiger partial charge < -0.3 is 5.73 Å². The van der Waals surface area contributed by atoms with Gasteiger partial charge in [-0.1, -0.05) is 0 Å². The SMILES string of the molecule is NC(=O)[C@]1(c2cnccn2)CCCN1. The molecule has 0 aliphatic carbocycles. The van der Waals surface area contributed by atoms with Crippen molar-refractivity contribution in [1.82, 2.24) is 15.3 Å². The van der Waals surface area contributed by atoms with E-state index in [1.165, 1.54) is 0 Å². The summed E-state index contributed by atoms with van der Waals surface area (Å²) in [6.45, 7) is 0.791. The summed E-state index contributed by atoms with van der Waals surface area (Å²) in [5, 5.41) is 3.11. The summed E-state index contributed by atoms with van der Waals surface area (Å²) >= 11 is 0. The summed E-state index contributed by atoms with van der Waals surface area (Å²) in [6.07, 6.45) is 6.36. The van der Waals surface area contributed by atoms with E-state index in [0.717, 1.165) is 13.0 Å². The number of carbonyl (C=O) groups is 1. The Morgan fingerprint density at radius 3 is 2.93 bits per heavy atom. The topological polar surface area (TPSA) is 80.9 Å². The van der Waals surface area contributed by atoms with Crippen molar-refractivity contribution in [2.24, 2.45) is 5.73 Å². The van der Waals surface area contributed by atoms with Gasteiger partial charge in [-0.15, -0.1) is 0 Å². The van der Waals surface area contributed by atoms with Gasteiger partial charge in [0.15, 0.2) is 0 Å². The van der Waals surface area contributed by atoms with Crippen molar-refractivity contribution < 1.29 is 4.79 Å². The average Bonchev–Trinajstić information content (AvgIpc) is 2.69. The van der Waals surface area contributed by atoms with Gasteiger partial charge >= 0.3 is 0 Å². The van der Waals surface area contributed by atoms with Crippen molar-refractivity contribution in [1.29, 1.82) is 0 Å². The number of hydrogen-bond acceptors (Lipinski definition) is 4. The summed E-state index contributed by atoms with van der Waals surface area (Å²) in [4.78, 5) is 19.5. The Morgan fingerprint density at radius 2 is 2.43 bits per heavy atom. The largest absolute Gasteiger partial charge is 0.368 e. The Kier molecular flexibility index (Phi) is 2.17.